The van der Waals surface area contributed by atoms with Gasteiger partial charge in [-0.1, -0.05) is 54.3 Å². The largest absolute Gasteiger partial charge is 0.348 e. The lowest BCUT2D eigenvalue weighted by molar-refractivity contribution is 1.44. The molecule has 1 aliphatic rings. The van der Waals surface area contributed by atoms with Gasteiger partial charge in [0.2, 0.25) is 0 Å². The maximum Gasteiger partial charge on any atom is 0.124 e. The third-order valence-electron chi connectivity index (χ3n) is 3.31. The third-order valence-corrected chi connectivity index (χ3v) is 4.70. The van der Waals surface area contributed by atoms with E-state index < -0.39 is 0 Å². The van der Waals surface area contributed by atoms with E-state index in [0.717, 1.165) is 26.9 Å². The van der Waals surface area contributed by atoms with E-state index in [1.54, 1.807) is 0 Å². The van der Waals surface area contributed by atoms with E-state index in [9.17, 15) is 5.26 Å². The normalized spacial score (nSPS) is 14.5. The van der Waals surface area contributed by atoms with Gasteiger partial charge in [0.05, 0.1) is 10.7 Å². The average molecular weight is 323 g/mol. The molecule has 3 nitrogen and oxygen atoms in total. The zero-order valence-electron chi connectivity index (χ0n) is 11.9. The van der Waals surface area contributed by atoms with E-state index in [-0.39, 0.29) is 0 Å². The summed E-state index contributed by atoms with van der Waals surface area (Å²) in [6.45, 7) is 2.00. The lowest BCUT2D eigenvalue weighted by Crippen LogP contribution is -2.14. The average Bonchev–Trinajstić information content (AvgIpc) is 2.94. The monoisotopic (exact) mass is 323 g/mol. The molecule has 0 amide bonds. The first kappa shape index (κ1) is 14.6. The van der Waals surface area contributed by atoms with Crippen LogP contribution in [0.3, 0.4) is 0 Å². The number of benzene rings is 2. The van der Waals surface area contributed by atoms with Crippen molar-refractivity contribution < 1.29 is 0 Å². The Kier molecular flexibility index (Phi) is 4.14. The topological polar surface area (TPSA) is 47.9 Å². The molecule has 1 aliphatic heterocycles. The molecule has 0 fully saturated rings. The fourth-order valence-corrected chi connectivity index (χ4v) is 3.46. The summed E-state index contributed by atoms with van der Waals surface area (Å²) in [7, 11) is 0. The molecule has 0 spiro atoms. The van der Waals surface area contributed by atoms with Gasteiger partial charge in [0, 0.05) is 10.6 Å². The number of nitrogens with zero attached hydrogens (tertiary/aromatic N) is 1. The van der Waals surface area contributed by atoms with Crippen LogP contribution in [0, 0.1) is 18.3 Å². The van der Waals surface area contributed by atoms with E-state index >= 15 is 0 Å². The molecule has 0 aromatic heterocycles. The van der Waals surface area contributed by atoms with Gasteiger partial charge in [-0.05, 0) is 30.7 Å². The van der Waals surface area contributed by atoms with Crippen molar-refractivity contribution in [1.29, 1.82) is 5.26 Å². The fraction of sp³-hybridized carbons (Fsp3) is 0.0588. The van der Waals surface area contributed by atoms with Gasteiger partial charge in [0.1, 0.15) is 16.6 Å². The van der Waals surface area contributed by atoms with Gasteiger partial charge in [0.25, 0.3) is 0 Å². The lowest BCUT2D eigenvalue weighted by atomic mass is 10.2. The zero-order valence-corrected chi connectivity index (χ0v) is 13.5. The smallest absolute Gasteiger partial charge is 0.124 e. The van der Waals surface area contributed by atoms with Crippen molar-refractivity contribution in [3.05, 3.63) is 64.7 Å². The highest BCUT2D eigenvalue weighted by atomic mass is 32.2. The Morgan fingerprint density at radius 2 is 1.91 bits per heavy atom. The molecule has 0 radical (unpaired) electrons. The third kappa shape index (κ3) is 2.84. The summed E-state index contributed by atoms with van der Waals surface area (Å²) in [4.78, 5) is 1.53. The zero-order chi connectivity index (χ0) is 15.5. The molecule has 0 unspecified atom stereocenters. The second-order valence-electron chi connectivity index (χ2n) is 4.81. The van der Waals surface area contributed by atoms with Gasteiger partial charge in [-0.25, -0.2) is 0 Å². The highest BCUT2D eigenvalue weighted by Crippen LogP contribution is 2.42. The Labute approximate surface area is 139 Å². The summed E-state index contributed by atoms with van der Waals surface area (Å²) >= 11 is 6.95. The number of fused-ring (bicyclic) bond motifs is 1. The van der Waals surface area contributed by atoms with Crippen molar-refractivity contribution in [1.82, 2.24) is 0 Å². The molecular weight excluding hydrogens is 310 g/mol. The quantitative estimate of drug-likeness (QED) is 0.477. The van der Waals surface area contributed by atoms with Crippen LogP contribution in [0.1, 0.15) is 5.56 Å². The first-order chi connectivity index (χ1) is 10.7. The number of anilines is 2. The summed E-state index contributed by atoms with van der Waals surface area (Å²) in [6, 6.07) is 18.0. The molecule has 0 atom stereocenters. The molecule has 22 heavy (non-hydrogen) atoms. The molecule has 3 rings (SSSR count). The lowest BCUT2D eigenvalue weighted by Gasteiger charge is -2.11. The van der Waals surface area contributed by atoms with Crippen LogP contribution in [0.15, 0.2) is 64.0 Å². The summed E-state index contributed by atoms with van der Waals surface area (Å²) in [5, 5.41) is 16.7. The number of aryl methyl sites for hydroxylation is 1. The minimum absolute atomic E-state index is 0.430. The molecule has 2 aromatic rings. The summed E-state index contributed by atoms with van der Waals surface area (Å²) in [5.74, 6) is 0. The van der Waals surface area contributed by atoms with E-state index in [0.29, 0.717) is 10.6 Å². The minimum atomic E-state index is 0.430. The van der Waals surface area contributed by atoms with E-state index in [1.165, 1.54) is 11.8 Å². The molecule has 0 saturated carbocycles. The predicted octanol–water partition coefficient (Wildman–Crippen LogP) is 4.69. The molecule has 108 valence electrons. The van der Waals surface area contributed by atoms with E-state index in [4.69, 9.17) is 12.2 Å². The van der Waals surface area contributed by atoms with Crippen LogP contribution >= 0.6 is 24.0 Å². The molecule has 0 aliphatic carbocycles. The van der Waals surface area contributed by atoms with Crippen LogP contribution in [-0.2, 0) is 0 Å². The first-order valence-electron chi connectivity index (χ1n) is 6.74. The van der Waals surface area contributed by atoms with Crippen LogP contribution < -0.4 is 10.6 Å². The van der Waals surface area contributed by atoms with Crippen molar-refractivity contribution in [2.24, 2.45) is 0 Å². The summed E-state index contributed by atoms with van der Waals surface area (Å²) < 4.78 is 0. The molecule has 5 heteroatoms. The Balaban J connectivity index is 1.87. The number of hydrogen-bond donors (Lipinski definition) is 2. The number of thiocarbonyl (C=S) groups is 1. The number of para-hydroxylation sites is 2. The van der Waals surface area contributed by atoms with E-state index in [1.807, 2.05) is 55.5 Å². The summed E-state index contributed by atoms with van der Waals surface area (Å²) in [5.41, 5.74) is 3.47. The highest BCUT2D eigenvalue weighted by Gasteiger charge is 2.21. The van der Waals surface area contributed by atoms with Crippen LogP contribution in [0.4, 0.5) is 11.4 Å². The van der Waals surface area contributed by atoms with Gasteiger partial charge >= 0.3 is 0 Å². The van der Waals surface area contributed by atoms with Crippen molar-refractivity contribution >= 4 is 40.3 Å². The highest BCUT2D eigenvalue weighted by molar-refractivity contribution is 8.03. The van der Waals surface area contributed by atoms with Crippen LogP contribution in [0.25, 0.3) is 0 Å². The summed E-state index contributed by atoms with van der Waals surface area (Å²) in [6.07, 6.45) is 0. The van der Waals surface area contributed by atoms with Gasteiger partial charge in [-0.15, -0.1) is 0 Å². The Morgan fingerprint density at radius 3 is 2.64 bits per heavy atom. The molecule has 2 aromatic carbocycles. The SMILES string of the molecule is Cc1ccccc1NC(=S)/C(C#N)=C1\Nc2ccccc2S1. The Morgan fingerprint density at radius 1 is 1.18 bits per heavy atom. The van der Waals surface area contributed by atoms with Crippen LogP contribution in [0.5, 0.6) is 0 Å². The molecule has 0 bridgehead atoms. The number of hydrogen-bond acceptors (Lipinski definition) is 4. The Hall–Kier alpha value is -2.29. The minimum Gasteiger partial charge on any atom is -0.348 e. The van der Waals surface area contributed by atoms with Gasteiger partial charge in [-0.2, -0.15) is 5.26 Å². The Bertz CT molecular complexity index is 792. The van der Waals surface area contributed by atoms with Crippen molar-refractivity contribution in [3.63, 3.8) is 0 Å². The molecular formula is C17H13N3S2. The molecule has 0 saturated heterocycles. The van der Waals surface area contributed by atoms with Crippen molar-refractivity contribution in [2.75, 3.05) is 10.6 Å². The van der Waals surface area contributed by atoms with E-state index in [2.05, 4.69) is 16.7 Å². The maximum atomic E-state index is 9.49. The van der Waals surface area contributed by atoms with Crippen LogP contribution in [0.2, 0.25) is 0 Å². The fourth-order valence-electron chi connectivity index (χ4n) is 2.13. The second kappa shape index (κ2) is 6.22. The van der Waals surface area contributed by atoms with Gasteiger partial charge in [0.15, 0.2) is 0 Å². The van der Waals surface area contributed by atoms with Crippen molar-refractivity contribution in [2.45, 2.75) is 11.8 Å². The predicted molar refractivity (Wildman–Crippen MR) is 96.0 cm³/mol. The van der Waals surface area contributed by atoms with Gasteiger partial charge in [-0.3, -0.25) is 0 Å². The van der Waals surface area contributed by atoms with Crippen molar-refractivity contribution in [3.8, 4) is 6.07 Å². The number of rotatable bonds is 2. The molecule has 1 heterocycles. The van der Waals surface area contributed by atoms with Gasteiger partial charge < -0.3 is 10.6 Å². The molecule has 2 N–H and O–H groups in total. The maximum absolute atomic E-state index is 9.49. The second-order valence-corrected chi connectivity index (χ2v) is 6.27. The number of nitrogens with one attached hydrogen (secondary N) is 2. The number of nitriles is 1. The van der Waals surface area contributed by atoms with Crippen LogP contribution in [-0.4, -0.2) is 4.99 Å². The standard InChI is InChI=1S/C17H13N3S2/c1-11-6-2-3-7-13(11)19-16(21)12(10-18)17-20-14-8-4-5-9-15(14)22-17/h2-9,20H,1H3,(H,19,21)/b17-12+. The number of thioether (sulfide) groups is 1. The first-order valence-corrected chi connectivity index (χ1v) is 7.97.